The third kappa shape index (κ3) is 6.11. The zero-order chi connectivity index (χ0) is 21.5. The number of carbonyl (C=O) groups excluding carboxylic acids is 1. The smallest absolute Gasteiger partial charge is 0.225 e. The van der Waals surface area contributed by atoms with Crippen LogP contribution in [0.25, 0.3) is 0 Å². The lowest BCUT2D eigenvalue weighted by molar-refractivity contribution is -0.134. The van der Waals surface area contributed by atoms with Crippen LogP contribution in [0.2, 0.25) is 5.02 Å². The highest BCUT2D eigenvalue weighted by Crippen LogP contribution is 2.28. The Morgan fingerprint density at radius 2 is 1.93 bits per heavy atom. The number of nitrogens with one attached hydrogen (secondary N) is 2. The number of guanidine groups is 1. The third-order valence-corrected chi connectivity index (χ3v) is 6.44. The summed E-state index contributed by atoms with van der Waals surface area (Å²) in [5.41, 5.74) is 1.19. The van der Waals surface area contributed by atoms with E-state index in [9.17, 15) is 4.79 Å². The first-order chi connectivity index (χ1) is 14.5. The van der Waals surface area contributed by atoms with Crippen LogP contribution in [0.1, 0.15) is 50.6 Å². The molecule has 7 heteroatoms. The van der Waals surface area contributed by atoms with Crippen molar-refractivity contribution in [2.24, 2.45) is 10.9 Å². The molecule has 6 nitrogen and oxygen atoms in total. The Kier molecular flexibility index (Phi) is 8.40. The van der Waals surface area contributed by atoms with Crippen LogP contribution in [0.15, 0.2) is 29.3 Å². The summed E-state index contributed by atoms with van der Waals surface area (Å²) in [5.74, 6) is 1.43. The van der Waals surface area contributed by atoms with Gasteiger partial charge in [0.15, 0.2) is 5.96 Å². The van der Waals surface area contributed by atoms with Crippen molar-refractivity contribution in [3.8, 4) is 0 Å². The van der Waals surface area contributed by atoms with Crippen LogP contribution in [0.3, 0.4) is 0 Å². The first-order valence-corrected chi connectivity index (χ1v) is 11.6. The Bertz CT molecular complexity index is 715. The van der Waals surface area contributed by atoms with E-state index in [0.717, 1.165) is 49.9 Å². The summed E-state index contributed by atoms with van der Waals surface area (Å²) in [6.45, 7) is 5.13. The number of carbonyl (C=O) groups is 1. The maximum Gasteiger partial charge on any atom is 0.225 e. The molecule has 1 aromatic rings. The number of halogens is 1. The van der Waals surface area contributed by atoms with Crippen LogP contribution in [0.4, 0.5) is 0 Å². The molecule has 1 saturated carbocycles. The summed E-state index contributed by atoms with van der Waals surface area (Å²) in [5, 5.41) is 7.66. The molecule has 166 valence electrons. The zero-order valence-electron chi connectivity index (χ0n) is 18.5. The molecule has 1 aliphatic carbocycles. The van der Waals surface area contributed by atoms with Crippen LogP contribution in [-0.2, 0) is 4.79 Å². The highest BCUT2D eigenvalue weighted by molar-refractivity contribution is 6.30. The van der Waals surface area contributed by atoms with E-state index in [1.54, 1.807) is 0 Å². The van der Waals surface area contributed by atoms with E-state index in [4.69, 9.17) is 16.6 Å². The Hall–Kier alpha value is -1.79. The minimum atomic E-state index is 0.168. The molecule has 3 rings (SSSR count). The van der Waals surface area contributed by atoms with Crippen LogP contribution in [-0.4, -0.2) is 68.0 Å². The second-order valence-electron chi connectivity index (χ2n) is 8.65. The summed E-state index contributed by atoms with van der Waals surface area (Å²) in [6, 6.07) is 8.39. The van der Waals surface area contributed by atoms with E-state index < -0.39 is 0 Å². The second kappa shape index (κ2) is 11.0. The molecule has 0 spiro atoms. The maximum atomic E-state index is 12.7. The van der Waals surface area contributed by atoms with Gasteiger partial charge in [0.2, 0.25) is 5.91 Å². The lowest BCUT2D eigenvalue weighted by Gasteiger charge is -2.24. The van der Waals surface area contributed by atoms with Crippen LogP contribution in [0.5, 0.6) is 0 Å². The number of rotatable bonds is 7. The molecule has 1 saturated heterocycles. The molecule has 1 heterocycles. The predicted molar refractivity (Wildman–Crippen MR) is 124 cm³/mol. The van der Waals surface area contributed by atoms with Gasteiger partial charge in [-0.1, -0.05) is 36.6 Å². The normalized spacial score (nSPS) is 21.3. The van der Waals surface area contributed by atoms with Crippen LogP contribution < -0.4 is 10.6 Å². The van der Waals surface area contributed by atoms with Gasteiger partial charge in [-0.15, -0.1) is 0 Å². The fourth-order valence-corrected chi connectivity index (χ4v) is 4.58. The van der Waals surface area contributed by atoms with Gasteiger partial charge in [-0.2, -0.15) is 0 Å². The fraction of sp³-hybridized carbons (Fsp3) is 0.652. The van der Waals surface area contributed by atoms with Gasteiger partial charge in [0, 0.05) is 36.6 Å². The highest BCUT2D eigenvalue weighted by Gasteiger charge is 2.32. The molecular formula is C23H36ClN5O. The van der Waals surface area contributed by atoms with Gasteiger partial charge in [-0.3, -0.25) is 9.79 Å². The number of likely N-dealkylation sites (tertiary alicyclic amines) is 1. The summed E-state index contributed by atoms with van der Waals surface area (Å²) in [4.78, 5) is 21.8. The topological polar surface area (TPSA) is 60.0 Å². The number of hydrogen-bond donors (Lipinski definition) is 2. The Morgan fingerprint density at radius 3 is 2.57 bits per heavy atom. The number of likely N-dealkylation sites (N-methyl/N-ethyl adjacent to an activating group) is 1. The minimum absolute atomic E-state index is 0.168. The SMILES string of the molecule is CCNC(=NCC(c1ccc(Cl)cc1)N(C)C)NC1CCN(C(=O)C2CCCC2)C1. The summed E-state index contributed by atoms with van der Waals surface area (Å²) >= 11 is 6.05. The molecule has 0 radical (unpaired) electrons. The molecule has 0 aromatic heterocycles. The van der Waals surface area contributed by atoms with E-state index in [0.29, 0.717) is 12.5 Å². The van der Waals surface area contributed by atoms with Crippen LogP contribution >= 0.6 is 11.6 Å². The van der Waals surface area contributed by atoms with Gasteiger partial charge in [-0.25, -0.2) is 0 Å². The molecule has 2 fully saturated rings. The lowest BCUT2D eigenvalue weighted by Crippen LogP contribution is -2.45. The van der Waals surface area contributed by atoms with E-state index in [2.05, 4.69) is 48.7 Å². The van der Waals surface area contributed by atoms with E-state index in [1.807, 2.05) is 17.0 Å². The molecule has 1 aromatic carbocycles. The van der Waals surface area contributed by atoms with Crippen molar-refractivity contribution in [1.82, 2.24) is 20.4 Å². The van der Waals surface area contributed by atoms with E-state index in [-0.39, 0.29) is 18.0 Å². The Labute approximate surface area is 186 Å². The number of nitrogens with zero attached hydrogens (tertiary/aromatic N) is 3. The highest BCUT2D eigenvalue weighted by atomic mass is 35.5. The summed E-state index contributed by atoms with van der Waals surface area (Å²) in [6.07, 6.45) is 5.49. The fourth-order valence-electron chi connectivity index (χ4n) is 4.45. The monoisotopic (exact) mass is 433 g/mol. The molecule has 2 atom stereocenters. The zero-order valence-corrected chi connectivity index (χ0v) is 19.3. The van der Waals surface area contributed by atoms with Crippen molar-refractivity contribution in [3.63, 3.8) is 0 Å². The molecule has 2 aliphatic rings. The predicted octanol–water partition coefficient (Wildman–Crippen LogP) is 3.29. The van der Waals surface area contributed by atoms with Gasteiger partial charge in [-0.05, 0) is 58.0 Å². The summed E-state index contributed by atoms with van der Waals surface area (Å²) < 4.78 is 0. The lowest BCUT2D eigenvalue weighted by atomic mass is 10.1. The van der Waals surface area contributed by atoms with Crippen molar-refractivity contribution in [1.29, 1.82) is 0 Å². The molecule has 30 heavy (non-hydrogen) atoms. The van der Waals surface area contributed by atoms with Gasteiger partial charge >= 0.3 is 0 Å². The van der Waals surface area contributed by atoms with E-state index >= 15 is 0 Å². The maximum absolute atomic E-state index is 12.7. The standard InChI is InChI=1S/C23H36ClN5O/c1-4-25-23(26-15-21(28(2)3)17-9-11-19(24)12-10-17)27-20-13-14-29(16-20)22(30)18-7-5-6-8-18/h9-12,18,20-21H,4-8,13-16H2,1-3H3,(H2,25,26,27). The van der Waals surface area contributed by atoms with Crippen molar-refractivity contribution in [3.05, 3.63) is 34.9 Å². The van der Waals surface area contributed by atoms with Crippen molar-refractivity contribution < 1.29 is 4.79 Å². The second-order valence-corrected chi connectivity index (χ2v) is 9.08. The molecule has 0 bridgehead atoms. The largest absolute Gasteiger partial charge is 0.357 e. The molecule has 1 aliphatic heterocycles. The van der Waals surface area contributed by atoms with Gasteiger partial charge < -0.3 is 20.4 Å². The van der Waals surface area contributed by atoms with Crippen molar-refractivity contribution >= 4 is 23.5 Å². The van der Waals surface area contributed by atoms with Gasteiger partial charge in [0.1, 0.15) is 0 Å². The third-order valence-electron chi connectivity index (χ3n) is 6.19. The van der Waals surface area contributed by atoms with Gasteiger partial charge in [0.05, 0.1) is 12.6 Å². The first kappa shape index (κ1) is 22.9. The van der Waals surface area contributed by atoms with Gasteiger partial charge in [0.25, 0.3) is 0 Å². The molecule has 2 unspecified atom stereocenters. The average molecular weight is 434 g/mol. The molecule has 2 N–H and O–H groups in total. The quantitative estimate of drug-likeness (QED) is 0.511. The van der Waals surface area contributed by atoms with E-state index in [1.165, 1.54) is 18.4 Å². The van der Waals surface area contributed by atoms with Crippen molar-refractivity contribution in [2.45, 2.75) is 51.1 Å². The summed E-state index contributed by atoms with van der Waals surface area (Å²) in [7, 11) is 4.14. The van der Waals surface area contributed by atoms with Crippen LogP contribution in [0, 0.1) is 5.92 Å². The first-order valence-electron chi connectivity index (χ1n) is 11.2. The average Bonchev–Trinajstić information content (AvgIpc) is 3.41. The number of amides is 1. The molecular weight excluding hydrogens is 398 g/mol. The Balaban J connectivity index is 1.59. The molecule has 1 amide bonds. The number of benzene rings is 1. The Morgan fingerprint density at radius 1 is 1.23 bits per heavy atom. The number of hydrogen-bond acceptors (Lipinski definition) is 3. The van der Waals surface area contributed by atoms with Crippen molar-refractivity contribution in [2.75, 3.05) is 40.3 Å². The number of aliphatic imine (C=N–C) groups is 1. The minimum Gasteiger partial charge on any atom is -0.357 e.